The molecular weight excluding hydrogens is 170 g/mol. The van der Waals surface area contributed by atoms with Gasteiger partial charge < -0.3 is 5.32 Å². The lowest BCUT2D eigenvalue weighted by molar-refractivity contribution is 0.921. The molecule has 0 aromatic heterocycles. The van der Waals surface area contributed by atoms with Gasteiger partial charge in [-0.3, -0.25) is 0 Å². The van der Waals surface area contributed by atoms with Gasteiger partial charge in [0.05, 0.1) is 6.54 Å². The Morgan fingerprint density at radius 1 is 1.36 bits per heavy atom. The van der Waals surface area contributed by atoms with Gasteiger partial charge in [-0.15, -0.1) is 0 Å². The van der Waals surface area contributed by atoms with Gasteiger partial charge in [0.2, 0.25) is 0 Å². The van der Waals surface area contributed by atoms with Gasteiger partial charge in [0, 0.05) is 5.56 Å². The van der Waals surface area contributed by atoms with Crippen LogP contribution in [-0.4, -0.2) is 13.6 Å². The van der Waals surface area contributed by atoms with E-state index < -0.39 is 0 Å². The van der Waals surface area contributed by atoms with Gasteiger partial charge in [-0.25, -0.2) is 0 Å². The SMILES string of the molecule is CCCc1cccc(C#CCNC)c1. The number of rotatable bonds is 3. The minimum Gasteiger partial charge on any atom is -0.309 e. The molecule has 0 fully saturated rings. The van der Waals surface area contributed by atoms with Crippen LogP contribution in [0.3, 0.4) is 0 Å². The number of benzene rings is 1. The van der Waals surface area contributed by atoms with E-state index in [-0.39, 0.29) is 0 Å². The molecule has 0 atom stereocenters. The highest BCUT2D eigenvalue weighted by Crippen LogP contribution is 2.06. The van der Waals surface area contributed by atoms with E-state index in [0.29, 0.717) is 0 Å². The summed E-state index contributed by atoms with van der Waals surface area (Å²) in [7, 11) is 1.90. The maximum absolute atomic E-state index is 3.13. The zero-order valence-corrected chi connectivity index (χ0v) is 8.93. The molecule has 0 heterocycles. The molecule has 1 aromatic rings. The van der Waals surface area contributed by atoms with Crippen LogP contribution in [0.2, 0.25) is 0 Å². The number of aryl methyl sites for hydroxylation is 1. The van der Waals surface area contributed by atoms with Crippen LogP contribution in [0.1, 0.15) is 24.5 Å². The first kappa shape index (κ1) is 10.8. The summed E-state index contributed by atoms with van der Waals surface area (Å²) in [5.74, 6) is 6.19. The third-order valence-electron chi connectivity index (χ3n) is 1.96. The molecular formula is C13H17N. The van der Waals surface area contributed by atoms with Gasteiger partial charge in [0.15, 0.2) is 0 Å². The van der Waals surface area contributed by atoms with Crippen molar-refractivity contribution in [3.8, 4) is 11.8 Å². The molecule has 0 radical (unpaired) electrons. The van der Waals surface area contributed by atoms with Crippen LogP contribution in [-0.2, 0) is 6.42 Å². The summed E-state index contributed by atoms with van der Waals surface area (Å²) in [6.07, 6.45) is 2.33. The molecule has 74 valence electrons. The fourth-order valence-corrected chi connectivity index (χ4v) is 1.33. The average Bonchev–Trinajstić information content (AvgIpc) is 2.19. The van der Waals surface area contributed by atoms with E-state index in [2.05, 4.69) is 48.3 Å². The second-order valence-electron chi connectivity index (χ2n) is 3.28. The molecule has 0 aliphatic rings. The third kappa shape index (κ3) is 3.64. The lowest BCUT2D eigenvalue weighted by atomic mass is 10.1. The Morgan fingerprint density at radius 3 is 2.93 bits per heavy atom. The van der Waals surface area contributed by atoms with Gasteiger partial charge in [0.25, 0.3) is 0 Å². The highest BCUT2D eigenvalue weighted by Gasteiger charge is 1.91. The van der Waals surface area contributed by atoms with Gasteiger partial charge in [-0.2, -0.15) is 0 Å². The molecule has 14 heavy (non-hydrogen) atoms. The lowest BCUT2D eigenvalue weighted by Crippen LogP contribution is -2.04. The first-order valence-corrected chi connectivity index (χ1v) is 5.09. The lowest BCUT2D eigenvalue weighted by Gasteiger charge is -1.98. The quantitative estimate of drug-likeness (QED) is 0.715. The van der Waals surface area contributed by atoms with E-state index >= 15 is 0 Å². The van der Waals surface area contributed by atoms with Crippen LogP contribution >= 0.6 is 0 Å². The zero-order valence-electron chi connectivity index (χ0n) is 8.93. The van der Waals surface area contributed by atoms with Gasteiger partial charge >= 0.3 is 0 Å². The molecule has 0 saturated carbocycles. The summed E-state index contributed by atoms with van der Waals surface area (Å²) < 4.78 is 0. The van der Waals surface area contributed by atoms with E-state index in [0.717, 1.165) is 18.5 Å². The summed E-state index contributed by atoms with van der Waals surface area (Å²) in [4.78, 5) is 0. The Bertz CT molecular complexity index is 331. The standard InChI is InChI=1S/C13H17N/c1-3-6-12-7-4-8-13(11-12)9-5-10-14-2/h4,7-8,11,14H,3,6,10H2,1-2H3. The Labute approximate surface area is 86.5 Å². The van der Waals surface area contributed by atoms with Crippen LogP contribution in [0.25, 0.3) is 0 Å². The van der Waals surface area contributed by atoms with Crippen molar-refractivity contribution in [2.75, 3.05) is 13.6 Å². The molecule has 1 N–H and O–H groups in total. The third-order valence-corrected chi connectivity index (χ3v) is 1.96. The van der Waals surface area contributed by atoms with E-state index in [1.165, 1.54) is 12.0 Å². The van der Waals surface area contributed by atoms with Crippen LogP contribution < -0.4 is 5.32 Å². The van der Waals surface area contributed by atoms with E-state index in [1.807, 2.05) is 7.05 Å². The molecule has 1 nitrogen and oxygen atoms in total. The summed E-state index contributed by atoms with van der Waals surface area (Å²) in [6.45, 7) is 2.94. The largest absolute Gasteiger partial charge is 0.309 e. The highest BCUT2D eigenvalue weighted by atomic mass is 14.8. The Hall–Kier alpha value is -1.26. The van der Waals surface area contributed by atoms with Crippen molar-refractivity contribution >= 4 is 0 Å². The Balaban J connectivity index is 2.69. The smallest absolute Gasteiger partial charge is 0.0577 e. The van der Waals surface area contributed by atoms with Gasteiger partial charge in [-0.05, 0) is 31.2 Å². The van der Waals surface area contributed by atoms with Crippen LogP contribution in [0.15, 0.2) is 24.3 Å². The second-order valence-corrected chi connectivity index (χ2v) is 3.28. The van der Waals surface area contributed by atoms with Gasteiger partial charge in [-0.1, -0.05) is 37.3 Å². The minimum atomic E-state index is 0.748. The molecule has 0 saturated heterocycles. The number of hydrogen-bond donors (Lipinski definition) is 1. The fourth-order valence-electron chi connectivity index (χ4n) is 1.33. The van der Waals surface area contributed by atoms with Crippen LogP contribution in [0.5, 0.6) is 0 Å². The molecule has 1 heteroatoms. The van der Waals surface area contributed by atoms with Crippen molar-refractivity contribution in [1.82, 2.24) is 5.32 Å². The average molecular weight is 187 g/mol. The maximum atomic E-state index is 3.13. The molecule has 0 amide bonds. The first-order chi connectivity index (χ1) is 6.86. The van der Waals surface area contributed by atoms with E-state index in [4.69, 9.17) is 0 Å². The van der Waals surface area contributed by atoms with Crippen molar-refractivity contribution in [1.29, 1.82) is 0 Å². The highest BCUT2D eigenvalue weighted by molar-refractivity contribution is 5.37. The fraction of sp³-hybridized carbons (Fsp3) is 0.385. The Kier molecular flexibility index (Phi) is 4.82. The number of hydrogen-bond acceptors (Lipinski definition) is 1. The predicted molar refractivity (Wildman–Crippen MR) is 61.2 cm³/mol. The van der Waals surface area contributed by atoms with Crippen molar-refractivity contribution in [2.24, 2.45) is 0 Å². The summed E-state index contributed by atoms with van der Waals surface area (Å²) in [5, 5.41) is 3.00. The maximum Gasteiger partial charge on any atom is 0.0577 e. The first-order valence-electron chi connectivity index (χ1n) is 5.09. The molecule has 1 aromatic carbocycles. The molecule has 0 unspecified atom stereocenters. The zero-order chi connectivity index (χ0) is 10.2. The Morgan fingerprint density at radius 2 is 2.21 bits per heavy atom. The molecule has 1 rings (SSSR count). The van der Waals surface area contributed by atoms with Crippen molar-refractivity contribution in [2.45, 2.75) is 19.8 Å². The van der Waals surface area contributed by atoms with E-state index in [9.17, 15) is 0 Å². The molecule has 0 aliphatic carbocycles. The molecule has 0 bridgehead atoms. The second kappa shape index (κ2) is 6.23. The predicted octanol–water partition coefficient (Wildman–Crippen LogP) is 2.21. The summed E-state index contributed by atoms with van der Waals surface area (Å²) in [5.41, 5.74) is 2.50. The van der Waals surface area contributed by atoms with Crippen molar-refractivity contribution < 1.29 is 0 Å². The number of nitrogens with one attached hydrogen (secondary N) is 1. The van der Waals surface area contributed by atoms with Crippen molar-refractivity contribution in [3.05, 3.63) is 35.4 Å². The van der Waals surface area contributed by atoms with Crippen LogP contribution in [0.4, 0.5) is 0 Å². The molecule has 0 aliphatic heterocycles. The topological polar surface area (TPSA) is 12.0 Å². The summed E-state index contributed by atoms with van der Waals surface area (Å²) in [6, 6.07) is 8.47. The van der Waals surface area contributed by atoms with Crippen LogP contribution in [0, 0.1) is 11.8 Å². The molecule has 0 spiro atoms. The van der Waals surface area contributed by atoms with Gasteiger partial charge in [0.1, 0.15) is 0 Å². The normalized spacial score (nSPS) is 9.29. The van der Waals surface area contributed by atoms with E-state index in [1.54, 1.807) is 0 Å². The summed E-state index contributed by atoms with van der Waals surface area (Å²) >= 11 is 0. The monoisotopic (exact) mass is 187 g/mol. The van der Waals surface area contributed by atoms with Crippen molar-refractivity contribution in [3.63, 3.8) is 0 Å². The minimum absolute atomic E-state index is 0.748.